The SMILES string of the molecule is O=C(O)C[C@@H]1COCCN1C(=O)/C=C\c1ccco1. The maximum absolute atomic E-state index is 12.0. The fourth-order valence-corrected chi connectivity index (χ4v) is 1.95. The lowest BCUT2D eigenvalue weighted by molar-refractivity contribution is -0.143. The number of carboxylic acid groups (broad SMARTS) is 1. The molecule has 0 saturated carbocycles. The van der Waals surface area contributed by atoms with Gasteiger partial charge in [-0.15, -0.1) is 0 Å². The van der Waals surface area contributed by atoms with Crippen LogP contribution in [0.15, 0.2) is 28.9 Å². The Morgan fingerprint density at radius 1 is 1.53 bits per heavy atom. The molecule has 0 aliphatic carbocycles. The molecule has 1 aliphatic rings. The van der Waals surface area contributed by atoms with Gasteiger partial charge in [0.15, 0.2) is 0 Å². The van der Waals surface area contributed by atoms with Gasteiger partial charge in [-0.3, -0.25) is 9.59 Å². The quantitative estimate of drug-likeness (QED) is 0.821. The van der Waals surface area contributed by atoms with Gasteiger partial charge in [0.25, 0.3) is 0 Å². The molecule has 0 unspecified atom stereocenters. The fraction of sp³-hybridized carbons (Fsp3) is 0.385. The summed E-state index contributed by atoms with van der Waals surface area (Å²) in [4.78, 5) is 24.3. The Labute approximate surface area is 110 Å². The zero-order valence-electron chi connectivity index (χ0n) is 10.3. The van der Waals surface area contributed by atoms with Crippen molar-refractivity contribution >= 4 is 18.0 Å². The minimum Gasteiger partial charge on any atom is -0.481 e. The van der Waals surface area contributed by atoms with Gasteiger partial charge in [-0.1, -0.05) is 0 Å². The maximum atomic E-state index is 12.0. The predicted octanol–water partition coefficient (Wildman–Crippen LogP) is 0.995. The summed E-state index contributed by atoms with van der Waals surface area (Å²) < 4.78 is 10.3. The molecule has 0 bridgehead atoms. The highest BCUT2D eigenvalue weighted by Crippen LogP contribution is 2.12. The lowest BCUT2D eigenvalue weighted by Crippen LogP contribution is -2.49. The van der Waals surface area contributed by atoms with E-state index in [-0.39, 0.29) is 18.9 Å². The van der Waals surface area contributed by atoms with Crippen molar-refractivity contribution in [3.63, 3.8) is 0 Å². The van der Waals surface area contributed by atoms with E-state index in [1.165, 1.54) is 17.2 Å². The highest BCUT2D eigenvalue weighted by Gasteiger charge is 2.27. The number of hydrogen-bond donors (Lipinski definition) is 1. The summed E-state index contributed by atoms with van der Waals surface area (Å²) in [5.41, 5.74) is 0. The average Bonchev–Trinajstić information content (AvgIpc) is 2.89. The van der Waals surface area contributed by atoms with Crippen molar-refractivity contribution in [2.45, 2.75) is 12.5 Å². The summed E-state index contributed by atoms with van der Waals surface area (Å²) in [6, 6.07) is 3.05. The minimum absolute atomic E-state index is 0.111. The van der Waals surface area contributed by atoms with Crippen molar-refractivity contribution < 1.29 is 23.8 Å². The van der Waals surface area contributed by atoms with Gasteiger partial charge in [0.2, 0.25) is 5.91 Å². The van der Waals surface area contributed by atoms with E-state index in [2.05, 4.69) is 0 Å². The van der Waals surface area contributed by atoms with Crippen LogP contribution in [-0.2, 0) is 14.3 Å². The highest BCUT2D eigenvalue weighted by atomic mass is 16.5. The van der Waals surface area contributed by atoms with Gasteiger partial charge in [0, 0.05) is 12.6 Å². The topological polar surface area (TPSA) is 80.0 Å². The summed E-state index contributed by atoms with van der Waals surface area (Å²) in [7, 11) is 0. The molecule has 0 spiro atoms. The summed E-state index contributed by atoms with van der Waals surface area (Å²) in [5, 5.41) is 8.82. The monoisotopic (exact) mass is 265 g/mol. The number of hydrogen-bond acceptors (Lipinski definition) is 4. The van der Waals surface area contributed by atoms with E-state index >= 15 is 0 Å². The van der Waals surface area contributed by atoms with Crippen molar-refractivity contribution in [2.24, 2.45) is 0 Å². The standard InChI is InChI=1S/C13H15NO5/c15-12(4-3-11-2-1-6-19-11)14-5-7-18-9-10(14)8-13(16)17/h1-4,6,10H,5,7-9H2,(H,16,17)/b4-3-/t10-/m1/s1. The molecule has 1 aromatic heterocycles. The Bertz CT molecular complexity index is 465. The number of nitrogens with zero attached hydrogens (tertiary/aromatic N) is 1. The molecular weight excluding hydrogens is 250 g/mol. The van der Waals surface area contributed by atoms with Crippen LogP contribution in [0.4, 0.5) is 0 Å². The van der Waals surface area contributed by atoms with Crippen molar-refractivity contribution in [3.8, 4) is 0 Å². The Balaban J connectivity index is 2.00. The minimum atomic E-state index is -0.941. The normalized spacial score (nSPS) is 19.8. The van der Waals surface area contributed by atoms with Gasteiger partial charge in [-0.05, 0) is 18.2 Å². The van der Waals surface area contributed by atoms with E-state index < -0.39 is 12.0 Å². The second-order valence-corrected chi connectivity index (χ2v) is 4.21. The molecule has 6 nitrogen and oxygen atoms in total. The lowest BCUT2D eigenvalue weighted by atomic mass is 10.1. The lowest BCUT2D eigenvalue weighted by Gasteiger charge is -2.34. The number of aliphatic carboxylic acids is 1. The highest BCUT2D eigenvalue weighted by molar-refractivity contribution is 5.92. The second kappa shape index (κ2) is 6.19. The largest absolute Gasteiger partial charge is 0.481 e. The molecule has 102 valence electrons. The zero-order chi connectivity index (χ0) is 13.7. The number of rotatable bonds is 4. The van der Waals surface area contributed by atoms with Crippen molar-refractivity contribution in [3.05, 3.63) is 30.2 Å². The molecule has 1 aliphatic heterocycles. The van der Waals surface area contributed by atoms with Gasteiger partial charge in [0.05, 0.1) is 31.9 Å². The fourth-order valence-electron chi connectivity index (χ4n) is 1.95. The molecular formula is C13H15NO5. The van der Waals surface area contributed by atoms with E-state index in [4.69, 9.17) is 14.3 Å². The van der Waals surface area contributed by atoms with Crippen LogP contribution in [0.5, 0.6) is 0 Å². The van der Waals surface area contributed by atoms with Crippen LogP contribution in [0.3, 0.4) is 0 Å². The third-order valence-electron chi connectivity index (χ3n) is 2.85. The van der Waals surface area contributed by atoms with Crippen LogP contribution in [0.2, 0.25) is 0 Å². The number of carbonyl (C=O) groups is 2. The molecule has 1 amide bonds. The molecule has 2 rings (SSSR count). The third kappa shape index (κ3) is 3.69. The van der Waals surface area contributed by atoms with Gasteiger partial charge in [0.1, 0.15) is 5.76 Å². The third-order valence-corrected chi connectivity index (χ3v) is 2.85. The number of amides is 1. The molecule has 1 atom stereocenters. The first kappa shape index (κ1) is 13.4. The molecule has 1 aromatic rings. The van der Waals surface area contributed by atoms with E-state index in [0.29, 0.717) is 18.9 Å². The van der Waals surface area contributed by atoms with Crippen molar-refractivity contribution in [1.82, 2.24) is 4.90 Å². The maximum Gasteiger partial charge on any atom is 0.305 e. The van der Waals surface area contributed by atoms with Gasteiger partial charge in [-0.25, -0.2) is 0 Å². The molecule has 1 saturated heterocycles. The molecule has 1 N–H and O–H groups in total. The van der Waals surface area contributed by atoms with E-state index in [1.807, 2.05) is 0 Å². The van der Waals surface area contributed by atoms with E-state index in [9.17, 15) is 9.59 Å². The van der Waals surface area contributed by atoms with Crippen LogP contribution >= 0.6 is 0 Å². The van der Waals surface area contributed by atoms with Crippen LogP contribution in [0, 0.1) is 0 Å². The van der Waals surface area contributed by atoms with Gasteiger partial charge < -0.3 is 19.2 Å². The summed E-state index contributed by atoms with van der Waals surface area (Å²) in [5.74, 6) is -0.592. The first-order valence-corrected chi connectivity index (χ1v) is 5.98. The number of ether oxygens (including phenoxy) is 1. The average molecular weight is 265 g/mol. The Kier molecular flexibility index (Phi) is 4.35. The first-order valence-electron chi connectivity index (χ1n) is 5.98. The van der Waals surface area contributed by atoms with Crippen LogP contribution < -0.4 is 0 Å². The number of carbonyl (C=O) groups excluding carboxylic acids is 1. The van der Waals surface area contributed by atoms with E-state index in [0.717, 1.165) is 0 Å². The van der Waals surface area contributed by atoms with Crippen molar-refractivity contribution in [2.75, 3.05) is 19.8 Å². The van der Waals surface area contributed by atoms with Gasteiger partial charge in [-0.2, -0.15) is 0 Å². The first-order chi connectivity index (χ1) is 9.16. The van der Waals surface area contributed by atoms with Crippen LogP contribution in [0.1, 0.15) is 12.2 Å². The summed E-state index contributed by atoms with van der Waals surface area (Å²) >= 11 is 0. The molecule has 0 aromatic carbocycles. The molecule has 2 heterocycles. The molecule has 6 heteroatoms. The van der Waals surface area contributed by atoms with Crippen molar-refractivity contribution in [1.29, 1.82) is 0 Å². The molecule has 1 fully saturated rings. The summed E-state index contributed by atoms with van der Waals surface area (Å²) in [6.45, 7) is 1.09. The summed E-state index contributed by atoms with van der Waals surface area (Å²) in [6.07, 6.45) is 4.36. The zero-order valence-corrected chi connectivity index (χ0v) is 10.3. The number of morpholine rings is 1. The van der Waals surface area contributed by atoms with E-state index in [1.54, 1.807) is 18.2 Å². The smallest absolute Gasteiger partial charge is 0.305 e. The molecule has 19 heavy (non-hydrogen) atoms. The Morgan fingerprint density at radius 2 is 2.37 bits per heavy atom. The Hall–Kier alpha value is -2.08. The van der Waals surface area contributed by atoms with Crippen LogP contribution in [0.25, 0.3) is 6.08 Å². The Morgan fingerprint density at radius 3 is 3.05 bits per heavy atom. The van der Waals surface area contributed by atoms with Crippen LogP contribution in [-0.4, -0.2) is 47.7 Å². The predicted molar refractivity (Wildman–Crippen MR) is 66.3 cm³/mol. The number of furan rings is 1. The second-order valence-electron chi connectivity index (χ2n) is 4.21. The molecule has 0 radical (unpaired) electrons. The number of carboxylic acids is 1. The van der Waals surface area contributed by atoms with Gasteiger partial charge >= 0.3 is 5.97 Å².